The third-order valence-electron chi connectivity index (χ3n) is 6.07. The molecule has 31 heavy (non-hydrogen) atoms. The monoisotopic (exact) mass is 418 g/mol. The van der Waals surface area contributed by atoms with Crippen molar-refractivity contribution in [2.24, 2.45) is 0 Å². The number of piperidine rings is 1. The Balaban J connectivity index is 1.85. The number of benzene rings is 1. The van der Waals surface area contributed by atoms with Crippen molar-refractivity contribution < 1.29 is 9.53 Å². The number of aromatic nitrogens is 2. The zero-order valence-electron chi connectivity index (χ0n) is 18.7. The fourth-order valence-corrected chi connectivity index (χ4v) is 4.37. The predicted octanol–water partition coefficient (Wildman–Crippen LogP) is 5.40. The van der Waals surface area contributed by atoms with Crippen LogP contribution in [0.15, 0.2) is 36.5 Å². The van der Waals surface area contributed by atoms with E-state index in [-0.39, 0.29) is 11.9 Å². The van der Waals surface area contributed by atoms with Crippen molar-refractivity contribution in [2.45, 2.75) is 52.5 Å². The zero-order chi connectivity index (χ0) is 22.0. The first-order valence-electron chi connectivity index (χ1n) is 11.0. The highest BCUT2D eigenvalue weighted by atomic mass is 16.5. The summed E-state index contributed by atoms with van der Waals surface area (Å²) in [6.07, 6.45) is 5.90. The summed E-state index contributed by atoms with van der Waals surface area (Å²) in [5.41, 5.74) is 4.73. The Kier molecular flexibility index (Phi) is 6.07. The molecule has 1 N–H and O–H groups in total. The number of carbonyl (C=O) groups excluding carboxylic acids is 1. The van der Waals surface area contributed by atoms with Crippen LogP contribution in [0.1, 0.15) is 54.2 Å². The van der Waals surface area contributed by atoms with Gasteiger partial charge in [-0.15, -0.1) is 0 Å². The lowest BCUT2D eigenvalue weighted by molar-refractivity contribution is 0.0609. The zero-order valence-corrected chi connectivity index (χ0v) is 18.7. The molecule has 3 aromatic rings. The maximum absolute atomic E-state index is 13.7. The largest absolute Gasteiger partial charge is 0.495 e. The van der Waals surface area contributed by atoms with Crippen molar-refractivity contribution in [3.05, 3.63) is 53.3 Å². The number of nitrogens with one attached hydrogen (secondary N) is 1. The summed E-state index contributed by atoms with van der Waals surface area (Å²) < 4.78 is 5.57. The van der Waals surface area contributed by atoms with Crippen LogP contribution in [0.4, 0.5) is 11.4 Å². The number of ether oxygens (including phenoxy) is 1. The van der Waals surface area contributed by atoms with Gasteiger partial charge in [0.25, 0.3) is 5.91 Å². The molecule has 162 valence electrons. The van der Waals surface area contributed by atoms with Gasteiger partial charge in [-0.1, -0.05) is 13.0 Å². The third kappa shape index (κ3) is 4.20. The van der Waals surface area contributed by atoms with Crippen LogP contribution >= 0.6 is 0 Å². The summed E-state index contributed by atoms with van der Waals surface area (Å²) in [5.74, 6) is 0.745. The molecule has 1 saturated heterocycles. The number of hydrogen-bond acceptors (Lipinski definition) is 5. The molecule has 1 atom stereocenters. The van der Waals surface area contributed by atoms with Crippen LogP contribution in [-0.2, 0) is 0 Å². The van der Waals surface area contributed by atoms with Gasteiger partial charge in [-0.05, 0) is 69.4 Å². The molecular weight excluding hydrogens is 388 g/mol. The minimum atomic E-state index is 0.0237. The van der Waals surface area contributed by atoms with Crippen LogP contribution < -0.4 is 10.1 Å². The van der Waals surface area contributed by atoms with Crippen molar-refractivity contribution in [3.63, 3.8) is 0 Å². The maximum atomic E-state index is 13.7. The number of hydrogen-bond donors (Lipinski definition) is 1. The van der Waals surface area contributed by atoms with E-state index in [4.69, 9.17) is 4.74 Å². The summed E-state index contributed by atoms with van der Waals surface area (Å²) in [5, 5.41) is 4.32. The molecule has 0 radical (unpaired) electrons. The lowest BCUT2D eigenvalue weighted by atomic mass is 9.98. The molecule has 3 heterocycles. The number of pyridine rings is 2. The van der Waals surface area contributed by atoms with Gasteiger partial charge in [0.1, 0.15) is 5.75 Å². The molecule has 0 saturated carbocycles. The van der Waals surface area contributed by atoms with E-state index in [1.165, 1.54) is 6.42 Å². The van der Waals surface area contributed by atoms with E-state index >= 15 is 0 Å². The molecule has 0 spiro atoms. The van der Waals surface area contributed by atoms with Crippen LogP contribution in [0.5, 0.6) is 5.75 Å². The number of methoxy groups -OCH3 is 1. The third-order valence-corrected chi connectivity index (χ3v) is 6.07. The lowest BCUT2D eigenvalue weighted by Gasteiger charge is -2.35. The quantitative estimate of drug-likeness (QED) is 0.601. The van der Waals surface area contributed by atoms with Crippen molar-refractivity contribution in [1.29, 1.82) is 0 Å². The molecule has 4 rings (SSSR count). The summed E-state index contributed by atoms with van der Waals surface area (Å²) in [6, 6.07) is 10.2. The Labute approximate surface area is 183 Å². The summed E-state index contributed by atoms with van der Waals surface area (Å²) >= 11 is 0. The number of nitrogens with zero attached hydrogens (tertiary/aromatic N) is 3. The molecule has 1 aliphatic heterocycles. The smallest absolute Gasteiger partial charge is 0.257 e. The normalized spacial score (nSPS) is 16.4. The first-order valence-corrected chi connectivity index (χ1v) is 11.0. The SMILES string of the molecule is CC[C@H]1CCCCN1C(=O)c1cnc2nc(C)ccc2c1Nc1cc(C)ccc1OC. The second-order valence-electron chi connectivity index (χ2n) is 8.26. The van der Waals surface area contributed by atoms with Gasteiger partial charge in [-0.2, -0.15) is 0 Å². The second kappa shape index (κ2) is 8.92. The van der Waals surface area contributed by atoms with Gasteiger partial charge in [0.15, 0.2) is 5.65 Å². The molecule has 1 aromatic carbocycles. The van der Waals surface area contributed by atoms with E-state index in [2.05, 4.69) is 22.2 Å². The summed E-state index contributed by atoms with van der Waals surface area (Å²) in [6.45, 7) is 6.91. The minimum Gasteiger partial charge on any atom is -0.495 e. The highest BCUT2D eigenvalue weighted by Crippen LogP contribution is 2.35. The Bertz CT molecular complexity index is 1110. The molecular formula is C25H30N4O2. The minimum absolute atomic E-state index is 0.0237. The van der Waals surface area contributed by atoms with Crippen LogP contribution in [0.3, 0.4) is 0 Å². The molecule has 6 nitrogen and oxygen atoms in total. The number of likely N-dealkylation sites (tertiary alicyclic amines) is 1. The van der Waals surface area contributed by atoms with Crippen molar-refractivity contribution in [3.8, 4) is 5.75 Å². The van der Waals surface area contributed by atoms with Gasteiger partial charge in [-0.25, -0.2) is 9.97 Å². The van der Waals surface area contributed by atoms with Gasteiger partial charge >= 0.3 is 0 Å². The van der Waals surface area contributed by atoms with Gasteiger partial charge < -0.3 is 15.0 Å². The molecule has 1 amide bonds. The molecule has 0 bridgehead atoms. The standard InChI is InChI=1S/C25H30N4O2/c1-5-18-8-6-7-13-29(18)25(30)20-15-26-24-19(11-10-17(3)27-24)23(20)28-21-14-16(2)9-12-22(21)31-4/h9-12,14-15,18H,5-8,13H2,1-4H3,(H,26,27,28)/t18-/m0/s1. The van der Waals surface area contributed by atoms with Crippen LogP contribution in [-0.4, -0.2) is 40.5 Å². The molecule has 1 aliphatic rings. The second-order valence-corrected chi connectivity index (χ2v) is 8.26. The first-order chi connectivity index (χ1) is 15.0. The Hall–Kier alpha value is -3.15. The fraction of sp³-hybridized carbons (Fsp3) is 0.400. The number of fused-ring (bicyclic) bond motifs is 1. The van der Waals surface area contributed by atoms with Gasteiger partial charge in [0.05, 0.1) is 24.0 Å². The Morgan fingerprint density at radius 1 is 1.23 bits per heavy atom. The highest BCUT2D eigenvalue weighted by Gasteiger charge is 2.29. The molecule has 0 aliphatic carbocycles. The Morgan fingerprint density at radius 3 is 2.84 bits per heavy atom. The van der Waals surface area contributed by atoms with E-state index in [0.29, 0.717) is 11.2 Å². The first kappa shape index (κ1) is 21.1. The molecule has 0 unspecified atom stereocenters. The van der Waals surface area contributed by atoms with Crippen LogP contribution in [0.2, 0.25) is 0 Å². The predicted molar refractivity (Wildman–Crippen MR) is 124 cm³/mol. The van der Waals surface area contributed by atoms with E-state index in [9.17, 15) is 4.79 Å². The Morgan fingerprint density at radius 2 is 2.06 bits per heavy atom. The van der Waals surface area contributed by atoms with Crippen molar-refractivity contribution in [2.75, 3.05) is 19.0 Å². The number of amides is 1. The fourth-order valence-electron chi connectivity index (χ4n) is 4.37. The highest BCUT2D eigenvalue weighted by molar-refractivity contribution is 6.07. The average Bonchev–Trinajstić information content (AvgIpc) is 2.78. The van der Waals surface area contributed by atoms with Crippen LogP contribution in [0, 0.1) is 13.8 Å². The number of aryl methyl sites for hydroxylation is 2. The van der Waals surface area contributed by atoms with E-state index in [0.717, 1.165) is 59.6 Å². The maximum Gasteiger partial charge on any atom is 0.257 e. The van der Waals surface area contributed by atoms with E-state index in [1.54, 1.807) is 13.3 Å². The lowest BCUT2D eigenvalue weighted by Crippen LogP contribution is -2.43. The molecule has 1 fully saturated rings. The van der Waals surface area contributed by atoms with Crippen molar-refractivity contribution in [1.82, 2.24) is 14.9 Å². The summed E-state index contributed by atoms with van der Waals surface area (Å²) in [7, 11) is 1.65. The summed E-state index contributed by atoms with van der Waals surface area (Å²) in [4.78, 5) is 24.8. The van der Waals surface area contributed by atoms with Crippen LogP contribution in [0.25, 0.3) is 11.0 Å². The van der Waals surface area contributed by atoms with E-state index < -0.39 is 0 Å². The average molecular weight is 419 g/mol. The van der Waals surface area contributed by atoms with Gasteiger partial charge in [-0.3, -0.25) is 4.79 Å². The van der Waals surface area contributed by atoms with E-state index in [1.807, 2.05) is 49.1 Å². The van der Waals surface area contributed by atoms with Gasteiger partial charge in [0, 0.05) is 29.9 Å². The molecule has 2 aromatic heterocycles. The number of carbonyl (C=O) groups is 1. The topological polar surface area (TPSA) is 67.4 Å². The van der Waals surface area contributed by atoms with Gasteiger partial charge in [0.2, 0.25) is 0 Å². The number of anilines is 2. The molecule has 6 heteroatoms. The van der Waals surface area contributed by atoms with Crippen molar-refractivity contribution >= 4 is 28.3 Å². The number of rotatable bonds is 5.